The molecule has 2 atom stereocenters. The highest BCUT2D eigenvalue weighted by Gasteiger charge is 2.29. The molecule has 0 bridgehead atoms. The predicted octanol–water partition coefficient (Wildman–Crippen LogP) is 3.74. The van der Waals surface area contributed by atoms with Crippen LogP contribution in [0.25, 0.3) is 0 Å². The first-order valence-electron chi connectivity index (χ1n) is 7.38. The number of nitrogens with one attached hydrogen (secondary N) is 1. The maximum atomic E-state index is 14.0. The summed E-state index contributed by atoms with van der Waals surface area (Å²) in [5.74, 6) is -0.320. The maximum absolute atomic E-state index is 14.0. The number of rotatable bonds is 4. The summed E-state index contributed by atoms with van der Waals surface area (Å²) in [6, 6.07) is 2.51. The van der Waals surface area contributed by atoms with E-state index in [4.69, 9.17) is 4.74 Å². The van der Waals surface area contributed by atoms with Gasteiger partial charge in [-0.15, -0.1) is 0 Å². The van der Waals surface area contributed by atoms with Crippen molar-refractivity contribution in [2.45, 2.75) is 45.8 Å². The van der Waals surface area contributed by atoms with Crippen molar-refractivity contribution in [1.29, 1.82) is 0 Å². The molecule has 1 aliphatic rings. The van der Waals surface area contributed by atoms with Crippen molar-refractivity contribution in [3.05, 3.63) is 34.9 Å². The van der Waals surface area contributed by atoms with Crippen molar-refractivity contribution in [2.75, 3.05) is 13.1 Å². The van der Waals surface area contributed by atoms with E-state index in [1.54, 1.807) is 6.92 Å². The van der Waals surface area contributed by atoms with E-state index in [9.17, 15) is 8.78 Å². The zero-order chi connectivity index (χ0) is 14.7. The van der Waals surface area contributed by atoms with Gasteiger partial charge in [-0.25, -0.2) is 8.78 Å². The van der Waals surface area contributed by atoms with Crippen LogP contribution in [-0.4, -0.2) is 19.2 Å². The van der Waals surface area contributed by atoms with Gasteiger partial charge in [0, 0.05) is 18.7 Å². The van der Waals surface area contributed by atoms with Gasteiger partial charge in [-0.2, -0.15) is 0 Å². The minimum absolute atomic E-state index is 0.0625. The molecule has 1 saturated heterocycles. The SMILES string of the molecule is CCC(CC)C1CNCC(c2cc(F)c(C)cc2F)O1. The molecule has 0 aliphatic carbocycles. The summed E-state index contributed by atoms with van der Waals surface area (Å²) in [5, 5.41) is 3.28. The minimum Gasteiger partial charge on any atom is -0.367 e. The van der Waals surface area contributed by atoms with Gasteiger partial charge in [0.05, 0.1) is 12.2 Å². The van der Waals surface area contributed by atoms with Gasteiger partial charge in [0.1, 0.15) is 11.6 Å². The van der Waals surface area contributed by atoms with Gasteiger partial charge in [0.25, 0.3) is 0 Å². The van der Waals surface area contributed by atoms with Gasteiger partial charge >= 0.3 is 0 Å². The maximum Gasteiger partial charge on any atom is 0.129 e. The van der Waals surface area contributed by atoms with Gasteiger partial charge in [0.2, 0.25) is 0 Å². The fraction of sp³-hybridized carbons (Fsp3) is 0.625. The van der Waals surface area contributed by atoms with Crippen LogP contribution in [0.15, 0.2) is 12.1 Å². The first-order chi connectivity index (χ1) is 9.56. The van der Waals surface area contributed by atoms with Crippen LogP contribution < -0.4 is 5.32 Å². The van der Waals surface area contributed by atoms with Gasteiger partial charge in [0.15, 0.2) is 0 Å². The van der Waals surface area contributed by atoms with E-state index in [0.717, 1.165) is 19.4 Å². The van der Waals surface area contributed by atoms with Gasteiger partial charge in [-0.05, 0) is 30.5 Å². The predicted molar refractivity (Wildman–Crippen MR) is 75.7 cm³/mol. The summed E-state index contributed by atoms with van der Waals surface area (Å²) in [7, 11) is 0. The Labute approximate surface area is 119 Å². The topological polar surface area (TPSA) is 21.3 Å². The summed E-state index contributed by atoms with van der Waals surface area (Å²) < 4.78 is 33.7. The van der Waals surface area contributed by atoms with Crippen LogP contribution in [0.4, 0.5) is 8.78 Å². The molecule has 0 saturated carbocycles. The van der Waals surface area contributed by atoms with Crippen LogP contribution in [0.3, 0.4) is 0 Å². The third kappa shape index (κ3) is 3.18. The molecular formula is C16H23F2NO. The fourth-order valence-corrected chi connectivity index (χ4v) is 2.85. The zero-order valence-electron chi connectivity index (χ0n) is 12.4. The highest BCUT2D eigenvalue weighted by atomic mass is 19.1. The molecule has 1 aromatic rings. The number of morpholine rings is 1. The molecule has 1 aliphatic heterocycles. The number of halogens is 2. The van der Waals surface area contributed by atoms with Crippen molar-refractivity contribution < 1.29 is 13.5 Å². The molecule has 0 radical (unpaired) electrons. The van der Waals surface area contributed by atoms with Crippen molar-refractivity contribution in [1.82, 2.24) is 5.32 Å². The smallest absolute Gasteiger partial charge is 0.129 e. The fourth-order valence-electron chi connectivity index (χ4n) is 2.85. The van der Waals surface area contributed by atoms with Crippen molar-refractivity contribution >= 4 is 0 Å². The Bertz CT molecular complexity index is 460. The molecule has 2 rings (SSSR count). The number of hydrogen-bond acceptors (Lipinski definition) is 2. The second-order valence-corrected chi connectivity index (χ2v) is 5.52. The van der Waals surface area contributed by atoms with Gasteiger partial charge in [-0.1, -0.05) is 26.7 Å². The van der Waals surface area contributed by atoms with E-state index in [-0.39, 0.29) is 17.7 Å². The minimum atomic E-state index is -0.413. The first-order valence-corrected chi connectivity index (χ1v) is 7.38. The monoisotopic (exact) mass is 283 g/mol. The van der Waals surface area contributed by atoms with Gasteiger partial charge in [-0.3, -0.25) is 0 Å². The Morgan fingerprint density at radius 2 is 1.90 bits per heavy atom. The number of ether oxygens (including phenoxy) is 1. The average Bonchev–Trinajstić information content (AvgIpc) is 2.44. The van der Waals surface area contributed by atoms with E-state index in [2.05, 4.69) is 19.2 Å². The van der Waals surface area contributed by atoms with Crippen LogP contribution in [0.1, 0.15) is 43.9 Å². The summed E-state index contributed by atoms with van der Waals surface area (Å²) in [6.07, 6.45) is 1.71. The molecule has 1 fully saturated rings. The summed E-state index contributed by atoms with van der Waals surface area (Å²) in [4.78, 5) is 0. The standard InChI is InChI=1S/C16H23F2NO/c1-4-11(5-2)15-8-19-9-16(20-15)12-7-13(17)10(3)6-14(12)18/h6-7,11,15-16,19H,4-5,8-9H2,1-3H3. The lowest BCUT2D eigenvalue weighted by Crippen LogP contribution is -2.44. The Balaban J connectivity index is 2.18. The average molecular weight is 283 g/mol. The molecule has 4 heteroatoms. The summed E-state index contributed by atoms with van der Waals surface area (Å²) >= 11 is 0. The van der Waals surface area contributed by atoms with Crippen molar-refractivity contribution in [2.24, 2.45) is 5.92 Å². The lowest BCUT2D eigenvalue weighted by Gasteiger charge is -2.35. The Hall–Kier alpha value is -1.00. The molecule has 2 unspecified atom stereocenters. The number of aryl methyl sites for hydroxylation is 1. The molecule has 112 valence electrons. The molecule has 0 spiro atoms. The Morgan fingerprint density at radius 1 is 1.20 bits per heavy atom. The second-order valence-electron chi connectivity index (χ2n) is 5.52. The van der Waals surface area contributed by atoms with E-state index < -0.39 is 6.10 Å². The molecule has 0 amide bonds. The molecular weight excluding hydrogens is 260 g/mol. The second kappa shape index (κ2) is 6.64. The quantitative estimate of drug-likeness (QED) is 0.909. The summed E-state index contributed by atoms with van der Waals surface area (Å²) in [6.45, 7) is 7.13. The highest BCUT2D eigenvalue weighted by molar-refractivity contribution is 5.27. The van der Waals surface area contributed by atoms with Crippen LogP contribution in [-0.2, 0) is 4.74 Å². The normalized spacial score (nSPS) is 23.3. The number of hydrogen-bond donors (Lipinski definition) is 1. The summed E-state index contributed by atoms with van der Waals surface area (Å²) in [5.41, 5.74) is 0.641. The van der Waals surface area contributed by atoms with Crippen molar-refractivity contribution in [3.8, 4) is 0 Å². The highest BCUT2D eigenvalue weighted by Crippen LogP contribution is 2.29. The van der Waals surface area contributed by atoms with E-state index >= 15 is 0 Å². The molecule has 0 aromatic heterocycles. The lowest BCUT2D eigenvalue weighted by molar-refractivity contribution is -0.0701. The van der Waals surface area contributed by atoms with Crippen LogP contribution in [0, 0.1) is 24.5 Å². The molecule has 1 heterocycles. The third-order valence-corrected chi connectivity index (χ3v) is 4.21. The van der Waals surface area contributed by atoms with E-state index in [0.29, 0.717) is 23.6 Å². The lowest BCUT2D eigenvalue weighted by atomic mass is 9.94. The molecule has 20 heavy (non-hydrogen) atoms. The van der Waals surface area contributed by atoms with Crippen LogP contribution >= 0.6 is 0 Å². The van der Waals surface area contributed by atoms with Crippen LogP contribution in [0.5, 0.6) is 0 Å². The van der Waals surface area contributed by atoms with Crippen molar-refractivity contribution in [3.63, 3.8) is 0 Å². The number of benzene rings is 1. The first kappa shape index (κ1) is 15.4. The van der Waals surface area contributed by atoms with Gasteiger partial charge < -0.3 is 10.1 Å². The molecule has 1 aromatic carbocycles. The van der Waals surface area contributed by atoms with Crippen LogP contribution in [0.2, 0.25) is 0 Å². The zero-order valence-corrected chi connectivity index (χ0v) is 12.4. The molecule has 1 N–H and O–H groups in total. The Morgan fingerprint density at radius 3 is 2.55 bits per heavy atom. The Kier molecular flexibility index (Phi) is 5.11. The van der Waals surface area contributed by atoms with E-state index in [1.165, 1.54) is 12.1 Å². The van der Waals surface area contributed by atoms with E-state index in [1.807, 2.05) is 0 Å². The third-order valence-electron chi connectivity index (χ3n) is 4.21. The largest absolute Gasteiger partial charge is 0.367 e. The molecule has 2 nitrogen and oxygen atoms in total.